The van der Waals surface area contributed by atoms with Crippen molar-refractivity contribution >= 4 is 5.69 Å². The average Bonchev–Trinajstić information content (AvgIpc) is 2.94. The summed E-state index contributed by atoms with van der Waals surface area (Å²) in [6.45, 7) is 6.67. The maximum absolute atomic E-state index is 11.0. The Hall–Kier alpha value is -2.21. The SMILES string of the molecule is CCCNC(C)c1ncc(-c2cccc([N+](=O)[O-])c2C)o1. The second-order valence-corrected chi connectivity index (χ2v) is 4.95. The van der Waals surface area contributed by atoms with E-state index < -0.39 is 0 Å². The zero-order chi connectivity index (χ0) is 15.4. The van der Waals surface area contributed by atoms with Gasteiger partial charge in [-0.1, -0.05) is 19.1 Å². The van der Waals surface area contributed by atoms with Crippen LogP contribution in [0.2, 0.25) is 0 Å². The van der Waals surface area contributed by atoms with Gasteiger partial charge < -0.3 is 9.73 Å². The van der Waals surface area contributed by atoms with Gasteiger partial charge in [0, 0.05) is 17.2 Å². The lowest BCUT2D eigenvalue weighted by Crippen LogP contribution is -2.19. The largest absolute Gasteiger partial charge is 0.439 e. The minimum absolute atomic E-state index is 0.0118. The van der Waals surface area contributed by atoms with E-state index in [4.69, 9.17) is 4.42 Å². The Balaban J connectivity index is 2.30. The number of nitrogens with one attached hydrogen (secondary N) is 1. The number of hydrogen-bond acceptors (Lipinski definition) is 5. The van der Waals surface area contributed by atoms with E-state index in [1.54, 1.807) is 25.3 Å². The Labute approximate surface area is 123 Å². The summed E-state index contributed by atoms with van der Waals surface area (Å²) >= 11 is 0. The molecule has 0 aliphatic carbocycles. The first-order chi connectivity index (χ1) is 10.0. The van der Waals surface area contributed by atoms with Crippen molar-refractivity contribution in [1.29, 1.82) is 0 Å². The number of nitro benzene ring substituents is 1. The molecule has 6 heteroatoms. The van der Waals surface area contributed by atoms with Crippen LogP contribution in [0, 0.1) is 17.0 Å². The summed E-state index contributed by atoms with van der Waals surface area (Å²) in [6.07, 6.45) is 2.65. The van der Waals surface area contributed by atoms with Gasteiger partial charge in [-0.25, -0.2) is 4.98 Å². The van der Waals surface area contributed by atoms with E-state index in [-0.39, 0.29) is 16.7 Å². The highest BCUT2D eigenvalue weighted by molar-refractivity contribution is 5.66. The maximum atomic E-state index is 11.0. The molecule has 0 radical (unpaired) electrons. The third-order valence-electron chi connectivity index (χ3n) is 3.36. The number of nitrogens with zero attached hydrogens (tertiary/aromatic N) is 2. The molecule has 0 bridgehead atoms. The third-order valence-corrected chi connectivity index (χ3v) is 3.36. The van der Waals surface area contributed by atoms with Crippen molar-refractivity contribution in [2.24, 2.45) is 0 Å². The third kappa shape index (κ3) is 3.28. The molecule has 1 aromatic heterocycles. The average molecular weight is 289 g/mol. The lowest BCUT2D eigenvalue weighted by molar-refractivity contribution is -0.385. The van der Waals surface area contributed by atoms with Gasteiger partial charge in [0.25, 0.3) is 5.69 Å². The number of rotatable bonds is 6. The van der Waals surface area contributed by atoms with Crippen molar-refractivity contribution in [3.63, 3.8) is 0 Å². The van der Waals surface area contributed by atoms with E-state index in [0.717, 1.165) is 13.0 Å². The smallest absolute Gasteiger partial charge is 0.273 e. The van der Waals surface area contributed by atoms with Gasteiger partial charge in [-0.2, -0.15) is 0 Å². The Morgan fingerprint density at radius 1 is 1.48 bits per heavy atom. The Bertz CT molecular complexity index is 637. The molecule has 21 heavy (non-hydrogen) atoms. The van der Waals surface area contributed by atoms with Crippen LogP contribution in [-0.4, -0.2) is 16.5 Å². The summed E-state index contributed by atoms with van der Waals surface area (Å²) in [6, 6.07) is 4.96. The normalized spacial score (nSPS) is 12.3. The molecule has 0 aliphatic rings. The molecule has 0 saturated carbocycles. The number of hydrogen-bond donors (Lipinski definition) is 1. The zero-order valence-corrected chi connectivity index (χ0v) is 12.4. The van der Waals surface area contributed by atoms with Crippen LogP contribution >= 0.6 is 0 Å². The van der Waals surface area contributed by atoms with E-state index >= 15 is 0 Å². The fourth-order valence-corrected chi connectivity index (χ4v) is 2.15. The lowest BCUT2D eigenvalue weighted by atomic mass is 10.1. The van der Waals surface area contributed by atoms with E-state index in [9.17, 15) is 10.1 Å². The second kappa shape index (κ2) is 6.49. The Kier molecular flexibility index (Phi) is 4.70. The molecule has 1 aromatic carbocycles. The molecule has 0 aliphatic heterocycles. The number of oxazole rings is 1. The first-order valence-corrected chi connectivity index (χ1v) is 6.98. The monoisotopic (exact) mass is 289 g/mol. The van der Waals surface area contributed by atoms with Crippen molar-refractivity contribution in [2.75, 3.05) is 6.54 Å². The summed E-state index contributed by atoms with van der Waals surface area (Å²) in [4.78, 5) is 14.9. The Morgan fingerprint density at radius 2 is 2.24 bits per heavy atom. The summed E-state index contributed by atoms with van der Waals surface area (Å²) in [5.41, 5.74) is 1.37. The highest BCUT2D eigenvalue weighted by Gasteiger charge is 2.18. The molecular formula is C15H19N3O3. The van der Waals surface area contributed by atoms with E-state index in [1.165, 1.54) is 6.07 Å². The molecule has 0 amide bonds. The summed E-state index contributed by atoms with van der Waals surface area (Å²) in [5.74, 6) is 1.14. The minimum Gasteiger partial charge on any atom is -0.439 e. The van der Waals surface area contributed by atoms with E-state index in [1.807, 2.05) is 6.92 Å². The van der Waals surface area contributed by atoms with Gasteiger partial charge in [-0.15, -0.1) is 0 Å². The van der Waals surface area contributed by atoms with Crippen LogP contribution in [0.1, 0.15) is 37.8 Å². The van der Waals surface area contributed by atoms with Gasteiger partial charge in [0.15, 0.2) is 5.76 Å². The highest BCUT2D eigenvalue weighted by Crippen LogP contribution is 2.31. The molecule has 0 fully saturated rings. The predicted molar refractivity (Wildman–Crippen MR) is 80.0 cm³/mol. The molecule has 112 valence electrons. The molecule has 1 atom stereocenters. The lowest BCUT2D eigenvalue weighted by Gasteiger charge is -2.08. The van der Waals surface area contributed by atoms with Crippen LogP contribution in [0.5, 0.6) is 0 Å². The standard InChI is InChI=1S/C15H19N3O3/c1-4-8-16-11(3)15-17-9-14(21-15)12-6-5-7-13(10(12)2)18(19)20/h5-7,9,11,16H,4,8H2,1-3H3. The maximum Gasteiger partial charge on any atom is 0.273 e. The first kappa shape index (κ1) is 15.2. The Morgan fingerprint density at radius 3 is 2.90 bits per heavy atom. The van der Waals surface area contributed by atoms with E-state index in [2.05, 4.69) is 17.2 Å². The topological polar surface area (TPSA) is 81.2 Å². The van der Waals surface area contributed by atoms with E-state index in [0.29, 0.717) is 22.8 Å². The van der Waals surface area contributed by atoms with Crippen molar-refractivity contribution in [3.8, 4) is 11.3 Å². The van der Waals surface area contributed by atoms with Crippen molar-refractivity contribution in [3.05, 3.63) is 46.0 Å². The summed E-state index contributed by atoms with van der Waals surface area (Å²) < 4.78 is 5.75. The predicted octanol–water partition coefficient (Wildman–Crippen LogP) is 3.62. The van der Waals surface area contributed by atoms with Crippen LogP contribution in [0.15, 0.2) is 28.8 Å². The number of benzene rings is 1. The molecule has 1 heterocycles. The van der Waals surface area contributed by atoms with Crippen molar-refractivity contribution in [2.45, 2.75) is 33.2 Å². The van der Waals surface area contributed by atoms with Crippen LogP contribution in [0.4, 0.5) is 5.69 Å². The fraction of sp³-hybridized carbons (Fsp3) is 0.400. The summed E-state index contributed by atoms with van der Waals surface area (Å²) in [5, 5.41) is 14.3. The molecule has 1 unspecified atom stereocenters. The van der Waals surface area contributed by atoms with Gasteiger partial charge in [-0.05, 0) is 26.8 Å². The number of aromatic nitrogens is 1. The molecule has 0 saturated heterocycles. The molecule has 0 spiro atoms. The van der Waals surface area contributed by atoms with Gasteiger partial charge in [-0.3, -0.25) is 10.1 Å². The second-order valence-electron chi connectivity index (χ2n) is 4.95. The number of nitro groups is 1. The molecule has 6 nitrogen and oxygen atoms in total. The van der Waals surface area contributed by atoms with Crippen molar-refractivity contribution < 1.29 is 9.34 Å². The first-order valence-electron chi connectivity index (χ1n) is 6.98. The molecular weight excluding hydrogens is 270 g/mol. The van der Waals surface area contributed by atoms with Crippen LogP contribution in [-0.2, 0) is 0 Å². The van der Waals surface area contributed by atoms with Crippen LogP contribution in [0.3, 0.4) is 0 Å². The van der Waals surface area contributed by atoms with Gasteiger partial charge in [0.1, 0.15) is 0 Å². The zero-order valence-electron chi connectivity index (χ0n) is 12.4. The quantitative estimate of drug-likeness (QED) is 0.648. The fourth-order valence-electron chi connectivity index (χ4n) is 2.15. The van der Waals surface area contributed by atoms with Gasteiger partial charge in [0.2, 0.25) is 5.89 Å². The van der Waals surface area contributed by atoms with Crippen LogP contribution in [0.25, 0.3) is 11.3 Å². The van der Waals surface area contributed by atoms with Gasteiger partial charge in [0.05, 0.1) is 17.2 Å². The molecule has 2 rings (SSSR count). The summed E-state index contributed by atoms with van der Waals surface area (Å²) in [7, 11) is 0. The minimum atomic E-state index is -0.387. The van der Waals surface area contributed by atoms with Gasteiger partial charge >= 0.3 is 0 Å². The molecule has 1 N–H and O–H groups in total. The molecule has 2 aromatic rings. The highest BCUT2D eigenvalue weighted by atomic mass is 16.6. The van der Waals surface area contributed by atoms with Crippen molar-refractivity contribution in [1.82, 2.24) is 10.3 Å². The van der Waals surface area contributed by atoms with Crippen LogP contribution < -0.4 is 5.32 Å².